The molecule has 0 heterocycles. The smallest absolute Gasteiger partial charge is 0.406 e. The predicted molar refractivity (Wildman–Crippen MR) is 69.2 cm³/mol. The van der Waals surface area contributed by atoms with Gasteiger partial charge in [0.15, 0.2) is 0 Å². The molecule has 1 N–H and O–H groups in total. The van der Waals surface area contributed by atoms with Gasteiger partial charge in [-0.1, -0.05) is 18.8 Å². The molecule has 0 saturated heterocycles. The largest absolute Gasteiger partial charge is 0.573 e. The van der Waals surface area contributed by atoms with Crippen molar-refractivity contribution in [2.24, 2.45) is 0 Å². The van der Waals surface area contributed by atoms with Gasteiger partial charge in [0.2, 0.25) is 0 Å². The first kappa shape index (κ1) is 16.3. The van der Waals surface area contributed by atoms with Crippen LogP contribution in [0.15, 0.2) is 24.3 Å². The number of halogens is 3. The van der Waals surface area contributed by atoms with Gasteiger partial charge in [0, 0.05) is 12.1 Å². The van der Waals surface area contributed by atoms with E-state index in [-0.39, 0.29) is 12.4 Å². The predicted octanol–water partition coefficient (Wildman–Crippen LogP) is 2.25. The second kappa shape index (κ2) is 7.78. The van der Waals surface area contributed by atoms with E-state index in [1.807, 2.05) is 11.8 Å². The molecular weight excluding hydrogens is 271 g/mol. The van der Waals surface area contributed by atoms with Crippen LogP contribution in [0.3, 0.4) is 0 Å². The van der Waals surface area contributed by atoms with Gasteiger partial charge in [-0.3, -0.25) is 4.90 Å². The summed E-state index contributed by atoms with van der Waals surface area (Å²) >= 11 is 0. The van der Waals surface area contributed by atoms with Crippen LogP contribution < -0.4 is 4.74 Å². The van der Waals surface area contributed by atoms with Gasteiger partial charge in [-0.15, -0.1) is 13.2 Å². The van der Waals surface area contributed by atoms with Crippen molar-refractivity contribution in [3.05, 3.63) is 29.8 Å². The van der Waals surface area contributed by atoms with Crippen LogP contribution in [0, 0.1) is 11.8 Å². The van der Waals surface area contributed by atoms with E-state index in [1.165, 1.54) is 24.3 Å². The standard InChI is InChI=1S/C14H16F3NO2/c1-2-18(10-11-19)9-3-4-12-5-7-13(8-6-12)20-14(15,16)17/h5-8,19H,2,9-11H2,1H3. The Balaban J connectivity index is 2.57. The summed E-state index contributed by atoms with van der Waals surface area (Å²) in [4.78, 5) is 1.95. The molecule has 0 spiro atoms. The highest BCUT2D eigenvalue weighted by molar-refractivity contribution is 5.38. The van der Waals surface area contributed by atoms with Gasteiger partial charge in [0.25, 0.3) is 0 Å². The molecule has 110 valence electrons. The highest BCUT2D eigenvalue weighted by Gasteiger charge is 2.30. The molecule has 0 amide bonds. The maximum atomic E-state index is 12.0. The molecule has 0 unspecified atom stereocenters. The highest BCUT2D eigenvalue weighted by Crippen LogP contribution is 2.22. The summed E-state index contributed by atoms with van der Waals surface area (Å²) in [6.45, 7) is 3.84. The topological polar surface area (TPSA) is 32.7 Å². The quantitative estimate of drug-likeness (QED) is 0.843. The molecule has 0 aromatic heterocycles. The number of nitrogens with zero attached hydrogens (tertiary/aromatic N) is 1. The Morgan fingerprint density at radius 2 is 1.90 bits per heavy atom. The summed E-state index contributed by atoms with van der Waals surface area (Å²) in [6, 6.07) is 5.39. The maximum absolute atomic E-state index is 12.0. The van der Waals surface area contributed by atoms with Crippen molar-refractivity contribution in [1.29, 1.82) is 0 Å². The normalized spacial score (nSPS) is 11.1. The molecule has 1 rings (SSSR count). The average Bonchev–Trinajstić information content (AvgIpc) is 2.38. The lowest BCUT2D eigenvalue weighted by atomic mass is 10.2. The molecule has 0 saturated carbocycles. The fourth-order valence-electron chi connectivity index (χ4n) is 1.48. The van der Waals surface area contributed by atoms with Crippen LogP contribution in [0.2, 0.25) is 0 Å². The van der Waals surface area contributed by atoms with Crippen molar-refractivity contribution in [3.63, 3.8) is 0 Å². The molecule has 0 radical (unpaired) electrons. The van der Waals surface area contributed by atoms with Crippen molar-refractivity contribution in [2.75, 3.05) is 26.2 Å². The summed E-state index contributed by atoms with van der Waals surface area (Å²) in [5.74, 6) is 5.49. The third kappa shape index (κ3) is 6.45. The van der Waals surface area contributed by atoms with Crippen LogP contribution in [-0.4, -0.2) is 42.6 Å². The van der Waals surface area contributed by atoms with E-state index in [1.54, 1.807) is 0 Å². The van der Waals surface area contributed by atoms with Gasteiger partial charge in [0.1, 0.15) is 5.75 Å². The third-order valence-corrected chi connectivity index (χ3v) is 2.49. The number of ether oxygens (including phenoxy) is 1. The van der Waals surface area contributed by atoms with Crippen LogP contribution in [-0.2, 0) is 0 Å². The molecule has 6 heteroatoms. The van der Waals surface area contributed by atoms with E-state index < -0.39 is 6.36 Å². The Labute approximate surface area is 116 Å². The summed E-state index contributed by atoms with van der Waals surface area (Å²) in [6.07, 6.45) is -4.68. The zero-order chi connectivity index (χ0) is 15.0. The molecular formula is C14H16F3NO2. The molecule has 1 aromatic rings. The number of alkyl halides is 3. The van der Waals surface area contributed by atoms with Gasteiger partial charge < -0.3 is 9.84 Å². The number of aliphatic hydroxyl groups excluding tert-OH is 1. The Hall–Kier alpha value is -1.71. The molecule has 3 nitrogen and oxygen atoms in total. The van der Waals surface area contributed by atoms with Gasteiger partial charge in [-0.25, -0.2) is 0 Å². The van der Waals surface area contributed by atoms with Gasteiger partial charge in [-0.2, -0.15) is 0 Å². The second-order valence-electron chi connectivity index (χ2n) is 3.97. The lowest BCUT2D eigenvalue weighted by Gasteiger charge is -2.14. The van der Waals surface area contributed by atoms with E-state index >= 15 is 0 Å². The van der Waals surface area contributed by atoms with Crippen molar-refractivity contribution < 1.29 is 23.0 Å². The van der Waals surface area contributed by atoms with Crippen LogP contribution >= 0.6 is 0 Å². The first-order valence-corrected chi connectivity index (χ1v) is 6.12. The van der Waals surface area contributed by atoms with Crippen LogP contribution in [0.5, 0.6) is 5.75 Å². The highest BCUT2D eigenvalue weighted by atomic mass is 19.4. The van der Waals surface area contributed by atoms with Crippen LogP contribution in [0.4, 0.5) is 13.2 Å². The average molecular weight is 287 g/mol. The second-order valence-corrected chi connectivity index (χ2v) is 3.97. The van der Waals surface area contributed by atoms with E-state index in [0.29, 0.717) is 18.7 Å². The van der Waals surface area contributed by atoms with Crippen LogP contribution in [0.1, 0.15) is 12.5 Å². The Kier molecular flexibility index (Phi) is 6.36. The minimum Gasteiger partial charge on any atom is -0.406 e. The Morgan fingerprint density at radius 1 is 1.25 bits per heavy atom. The lowest BCUT2D eigenvalue weighted by Crippen LogP contribution is -2.26. The van der Waals surface area contributed by atoms with Crippen LogP contribution in [0.25, 0.3) is 0 Å². The minimum atomic E-state index is -4.68. The molecule has 0 aliphatic carbocycles. The van der Waals surface area contributed by atoms with E-state index in [9.17, 15) is 13.2 Å². The zero-order valence-electron chi connectivity index (χ0n) is 11.1. The number of likely N-dealkylation sites (N-methyl/N-ethyl adjacent to an activating group) is 1. The molecule has 0 aliphatic rings. The molecule has 20 heavy (non-hydrogen) atoms. The fraction of sp³-hybridized carbons (Fsp3) is 0.429. The Morgan fingerprint density at radius 3 is 2.40 bits per heavy atom. The maximum Gasteiger partial charge on any atom is 0.573 e. The molecule has 1 aromatic carbocycles. The number of rotatable bonds is 5. The number of benzene rings is 1. The summed E-state index contributed by atoms with van der Waals surface area (Å²) in [5.41, 5.74) is 0.611. The third-order valence-electron chi connectivity index (χ3n) is 2.49. The summed E-state index contributed by atoms with van der Waals surface area (Å²) in [7, 11) is 0. The van der Waals surface area contributed by atoms with Gasteiger partial charge >= 0.3 is 6.36 Å². The van der Waals surface area contributed by atoms with Crippen molar-refractivity contribution in [3.8, 4) is 17.6 Å². The van der Waals surface area contributed by atoms with Gasteiger partial charge in [0.05, 0.1) is 13.2 Å². The number of aliphatic hydroxyl groups is 1. The SMILES string of the molecule is CCN(CC#Cc1ccc(OC(F)(F)F)cc1)CCO. The zero-order valence-corrected chi connectivity index (χ0v) is 11.1. The van der Waals surface area contributed by atoms with Gasteiger partial charge in [-0.05, 0) is 30.8 Å². The van der Waals surface area contributed by atoms with E-state index in [4.69, 9.17) is 5.11 Å². The molecule has 0 atom stereocenters. The Bertz CT molecular complexity index is 460. The lowest BCUT2D eigenvalue weighted by molar-refractivity contribution is -0.274. The monoisotopic (exact) mass is 287 g/mol. The summed E-state index contributed by atoms with van der Waals surface area (Å²) in [5, 5.41) is 8.81. The van der Waals surface area contributed by atoms with Crippen molar-refractivity contribution in [2.45, 2.75) is 13.3 Å². The van der Waals surface area contributed by atoms with Crippen molar-refractivity contribution >= 4 is 0 Å². The number of hydrogen-bond donors (Lipinski definition) is 1. The van der Waals surface area contributed by atoms with Crippen molar-refractivity contribution in [1.82, 2.24) is 4.90 Å². The first-order valence-electron chi connectivity index (χ1n) is 6.12. The number of hydrogen-bond acceptors (Lipinski definition) is 3. The fourth-order valence-corrected chi connectivity index (χ4v) is 1.48. The molecule has 0 aliphatic heterocycles. The summed E-state index contributed by atoms with van der Waals surface area (Å²) < 4.78 is 39.7. The first-order chi connectivity index (χ1) is 9.44. The van der Waals surface area contributed by atoms with E-state index in [0.717, 1.165) is 6.54 Å². The molecule has 0 fully saturated rings. The molecule has 0 bridgehead atoms. The van der Waals surface area contributed by atoms with E-state index in [2.05, 4.69) is 16.6 Å². The minimum absolute atomic E-state index is 0.0685.